The van der Waals surface area contributed by atoms with Crippen LogP contribution < -0.4 is 19.5 Å². The zero-order chi connectivity index (χ0) is 38.1. The Balaban J connectivity index is 1.22. The van der Waals surface area contributed by atoms with Gasteiger partial charge in [0.1, 0.15) is 23.4 Å². The Morgan fingerprint density at radius 1 is 0.870 bits per heavy atom. The lowest BCUT2D eigenvalue weighted by Gasteiger charge is -2.39. The van der Waals surface area contributed by atoms with Gasteiger partial charge in [-0.1, -0.05) is 61.5 Å². The van der Waals surface area contributed by atoms with Gasteiger partial charge in [-0.25, -0.2) is 9.63 Å². The Morgan fingerprint density at radius 3 is 2.37 bits per heavy atom. The van der Waals surface area contributed by atoms with Crippen molar-refractivity contribution in [3.8, 4) is 17.2 Å². The van der Waals surface area contributed by atoms with Gasteiger partial charge in [0, 0.05) is 36.4 Å². The predicted molar refractivity (Wildman–Crippen MR) is 197 cm³/mol. The number of benzene rings is 4. The van der Waals surface area contributed by atoms with Crippen molar-refractivity contribution >= 4 is 16.9 Å². The summed E-state index contributed by atoms with van der Waals surface area (Å²) in [4.78, 5) is 16.4. The summed E-state index contributed by atoms with van der Waals surface area (Å²) in [6, 6.07) is 28.0. The van der Waals surface area contributed by atoms with E-state index in [1.165, 1.54) is 0 Å². The number of carbonyl (C=O) groups is 1. The molecule has 5 rings (SSSR count). The van der Waals surface area contributed by atoms with Crippen LogP contribution in [-0.2, 0) is 41.7 Å². The molecule has 54 heavy (non-hydrogen) atoms. The Labute approximate surface area is 315 Å². The Bertz CT molecular complexity index is 1720. The minimum atomic E-state index is -1.03. The zero-order valence-corrected chi connectivity index (χ0v) is 30.9. The Morgan fingerprint density at radius 2 is 1.61 bits per heavy atom. The third kappa shape index (κ3) is 12.0. The number of fused-ring (bicyclic) bond motifs is 1. The van der Waals surface area contributed by atoms with Gasteiger partial charge in [-0.05, 0) is 53.3 Å². The van der Waals surface area contributed by atoms with E-state index in [1.54, 1.807) is 14.2 Å². The van der Waals surface area contributed by atoms with Crippen LogP contribution in [-0.4, -0.2) is 94.2 Å². The second-order valence-corrected chi connectivity index (χ2v) is 12.6. The number of nitrogens with zero attached hydrogens (tertiary/aromatic N) is 1. The highest BCUT2D eigenvalue weighted by Crippen LogP contribution is 2.33. The number of nitrogens with one attached hydrogen (secondary N) is 1. The average molecular weight is 751 g/mol. The molecule has 0 aromatic heterocycles. The molecule has 0 spiro atoms. The van der Waals surface area contributed by atoms with Crippen LogP contribution in [0, 0.1) is 0 Å². The molecule has 1 aliphatic heterocycles. The molecule has 1 aliphatic rings. The quantitative estimate of drug-likeness (QED) is 0.0372. The molecule has 1 saturated heterocycles. The van der Waals surface area contributed by atoms with Crippen molar-refractivity contribution in [2.24, 2.45) is 0 Å². The summed E-state index contributed by atoms with van der Waals surface area (Å²) in [5, 5.41) is 22.3. The van der Waals surface area contributed by atoms with Crippen LogP contribution in [0.5, 0.6) is 17.2 Å². The highest BCUT2D eigenvalue weighted by molar-refractivity contribution is 5.89. The largest absolute Gasteiger partial charge is 0.510 e. The van der Waals surface area contributed by atoms with E-state index >= 15 is 0 Å². The van der Waals surface area contributed by atoms with Crippen LogP contribution in [0.2, 0.25) is 0 Å². The summed E-state index contributed by atoms with van der Waals surface area (Å²) in [5.74, 6) is 2.15. The average Bonchev–Trinajstić information content (AvgIpc) is 3.19. The topological polar surface area (TPSA) is 156 Å². The minimum absolute atomic E-state index is 0.0936. The fraction of sp³-hybridized carbons (Fsp3) is 0.425. The summed E-state index contributed by atoms with van der Waals surface area (Å²) in [6.45, 7) is 4.20. The van der Waals surface area contributed by atoms with Gasteiger partial charge in [0.15, 0.2) is 0 Å². The van der Waals surface area contributed by atoms with Gasteiger partial charge in [-0.15, -0.1) is 0 Å². The van der Waals surface area contributed by atoms with E-state index in [1.807, 2.05) is 79.7 Å². The van der Waals surface area contributed by atoms with Gasteiger partial charge in [-0.3, -0.25) is 10.4 Å². The SMILES string of the molecule is CCC(COC1CNCC(OCc2cc(OC)c3ccccc3c2)C1c1ccc(OCCCOCc2ccccc2OC)cc1)OC(=O)OCON(O)O. The summed E-state index contributed by atoms with van der Waals surface area (Å²) >= 11 is 0. The first-order chi connectivity index (χ1) is 26.4. The highest BCUT2D eigenvalue weighted by atomic mass is 17.1. The normalized spacial score (nSPS) is 17.6. The van der Waals surface area contributed by atoms with E-state index in [-0.39, 0.29) is 24.7 Å². The molecular formula is C40H50N2O12. The fourth-order valence-corrected chi connectivity index (χ4v) is 6.31. The molecule has 4 aromatic carbocycles. The minimum Gasteiger partial charge on any atom is -0.496 e. The predicted octanol–water partition coefficient (Wildman–Crippen LogP) is 6.40. The van der Waals surface area contributed by atoms with Gasteiger partial charge < -0.3 is 43.2 Å². The van der Waals surface area contributed by atoms with E-state index in [0.717, 1.165) is 51.1 Å². The molecule has 0 saturated carbocycles. The van der Waals surface area contributed by atoms with Gasteiger partial charge in [-0.2, -0.15) is 0 Å². The van der Waals surface area contributed by atoms with Crippen LogP contribution in [0.1, 0.15) is 42.4 Å². The number of carbonyl (C=O) groups excluding carboxylic acids is 1. The van der Waals surface area contributed by atoms with Gasteiger partial charge in [0.05, 0.1) is 64.9 Å². The number of ether oxygens (including phenoxy) is 8. The third-order valence-corrected chi connectivity index (χ3v) is 9.04. The summed E-state index contributed by atoms with van der Waals surface area (Å²) in [5.41, 5.74) is 2.99. The lowest BCUT2D eigenvalue weighted by Crippen LogP contribution is -2.51. The van der Waals surface area contributed by atoms with E-state index in [2.05, 4.69) is 22.3 Å². The first-order valence-corrected chi connectivity index (χ1v) is 17.9. The van der Waals surface area contributed by atoms with Crippen molar-refractivity contribution in [1.29, 1.82) is 0 Å². The van der Waals surface area contributed by atoms with Gasteiger partial charge in [0.25, 0.3) is 0 Å². The summed E-state index contributed by atoms with van der Waals surface area (Å²) < 4.78 is 46.1. The second kappa shape index (κ2) is 21.4. The van der Waals surface area contributed by atoms with E-state index in [9.17, 15) is 4.79 Å². The number of hydrogen-bond donors (Lipinski definition) is 3. The van der Waals surface area contributed by atoms with E-state index in [0.29, 0.717) is 45.9 Å². The second-order valence-electron chi connectivity index (χ2n) is 12.6. The molecule has 3 N–H and O–H groups in total. The number of methoxy groups -OCH3 is 2. The summed E-state index contributed by atoms with van der Waals surface area (Å²) in [7, 11) is 3.32. The van der Waals surface area contributed by atoms with Crippen molar-refractivity contribution in [2.45, 2.75) is 57.2 Å². The van der Waals surface area contributed by atoms with Crippen molar-refractivity contribution in [3.63, 3.8) is 0 Å². The zero-order valence-electron chi connectivity index (χ0n) is 30.9. The van der Waals surface area contributed by atoms with Gasteiger partial charge >= 0.3 is 6.16 Å². The maximum absolute atomic E-state index is 12.1. The van der Waals surface area contributed by atoms with Crippen LogP contribution >= 0.6 is 0 Å². The molecule has 0 radical (unpaired) electrons. The van der Waals surface area contributed by atoms with Crippen molar-refractivity contribution < 1.29 is 57.9 Å². The van der Waals surface area contributed by atoms with Crippen LogP contribution in [0.4, 0.5) is 4.79 Å². The van der Waals surface area contributed by atoms with Crippen LogP contribution in [0.15, 0.2) is 84.9 Å². The van der Waals surface area contributed by atoms with Crippen LogP contribution in [0.25, 0.3) is 10.8 Å². The molecule has 0 amide bonds. The van der Waals surface area contributed by atoms with Crippen LogP contribution in [0.3, 0.4) is 0 Å². The first kappa shape index (κ1) is 40.7. The number of piperidine rings is 1. The Kier molecular flexibility index (Phi) is 16.1. The molecule has 1 heterocycles. The molecule has 0 bridgehead atoms. The monoisotopic (exact) mass is 750 g/mol. The standard InChI is InChI=1S/C40H50N2O12/c1-4-32(54-40(43)52-27-53-42(44)45)26-51-38-23-41-22-37(50-24-28-20-30-10-5-7-12-34(30)36(21-28)47-3)39(38)29-14-16-33(17-15-29)49-19-9-18-48-25-31-11-6-8-13-35(31)46-2/h5-8,10-17,20-21,32,37-39,41,44-45H,4,9,18-19,22-27H2,1-3H3. The van der Waals surface area contributed by atoms with Crippen molar-refractivity contribution in [1.82, 2.24) is 10.7 Å². The number of rotatable bonds is 21. The van der Waals surface area contributed by atoms with Gasteiger partial charge in [0.2, 0.25) is 6.79 Å². The molecular weight excluding hydrogens is 700 g/mol. The lowest BCUT2D eigenvalue weighted by atomic mass is 9.85. The van der Waals surface area contributed by atoms with E-state index < -0.39 is 24.4 Å². The Hall–Kier alpha value is -4.51. The molecule has 292 valence electrons. The fourth-order valence-electron chi connectivity index (χ4n) is 6.31. The molecule has 1 fully saturated rings. The van der Waals surface area contributed by atoms with Crippen molar-refractivity contribution in [3.05, 3.63) is 102 Å². The van der Waals surface area contributed by atoms with E-state index in [4.69, 9.17) is 48.3 Å². The maximum Gasteiger partial charge on any atom is 0.510 e. The van der Waals surface area contributed by atoms with Crippen molar-refractivity contribution in [2.75, 3.05) is 53.9 Å². The molecule has 4 aromatic rings. The molecule has 4 unspecified atom stereocenters. The maximum atomic E-state index is 12.1. The molecule has 14 heteroatoms. The third-order valence-electron chi connectivity index (χ3n) is 9.04. The smallest absolute Gasteiger partial charge is 0.496 e. The highest BCUT2D eigenvalue weighted by Gasteiger charge is 2.37. The molecule has 0 aliphatic carbocycles. The number of para-hydroxylation sites is 1. The molecule has 14 nitrogen and oxygen atoms in total. The summed E-state index contributed by atoms with van der Waals surface area (Å²) in [6.07, 6.45) is -1.09. The first-order valence-electron chi connectivity index (χ1n) is 17.9. The molecule has 4 atom stereocenters. The lowest BCUT2D eigenvalue weighted by molar-refractivity contribution is -0.504. The number of hydrogen-bond acceptors (Lipinski definition) is 14.